The van der Waals surface area contributed by atoms with Crippen LogP contribution in [0.4, 0.5) is 5.95 Å². The molecule has 0 aliphatic carbocycles. The molecule has 4 rings (SSSR count). The zero-order chi connectivity index (χ0) is 13.5. The number of nitrogen functional groups attached to an aromatic ring is 1. The van der Waals surface area contributed by atoms with Gasteiger partial charge in [-0.1, -0.05) is 18.2 Å². The molecule has 1 fully saturated rings. The predicted octanol–water partition coefficient (Wildman–Crippen LogP) is 3.06. The summed E-state index contributed by atoms with van der Waals surface area (Å²) in [5.74, 6) is 1.87. The molecule has 0 radical (unpaired) electrons. The first kappa shape index (κ1) is 12.0. The molecule has 1 aliphatic heterocycles. The van der Waals surface area contributed by atoms with Crippen molar-refractivity contribution in [3.63, 3.8) is 0 Å². The third kappa shape index (κ3) is 1.85. The van der Waals surface area contributed by atoms with Crippen LogP contribution in [0.1, 0.15) is 12.8 Å². The molecule has 1 saturated heterocycles. The molecule has 1 unspecified atom stereocenters. The van der Waals surface area contributed by atoms with Gasteiger partial charge in [-0.25, -0.2) is 4.98 Å². The lowest BCUT2D eigenvalue weighted by molar-refractivity contribution is 0.659. The van der Waals surface area contributed by atoms with Crippen LogP contribution >= 0.6 is 11.8 Å². The second-order valence-corrected chi connectivity index (χ2v) is 6.63. The van der Waals surface area contributed by atoms with Crippen LogP contribution in [0.5, 0.6) is 0 Å². The summed E-state index contributed by atoms with van der Waals surface area (Å²) in [6.45, 7) is 0.945. The molecule has 3 aromatic rings. The van der Waals surface area contributed by atoms with Crippen LogP contribution in [0, 0.1) is 0 Å². The maximum Gasteiger partial charge on any atom is 0.201 e. The van der Waals surface area contributed by atoms with E-state index in [2.05, 4.69) is 20.6 Å². The third-order valence-corrected chi connectivity index (χ3v) is 5.30. The van der Waals surface area contributed by atoms with Crippen molar-refractivity contribution < 1.29 is 0 Å². The van der Waals surface area contributed by atoms with Crippen LogP contribution in [0.2, 0.25) is 0 Å². The number of hydrogen-bond donors (Lipinski definition) is 1. The first-order valence-electron chi connectivity index (χ1n) is 6.94. The summed E-state index contributed by atoms with van der Waals surface area (Å²) < 4.78 is 2.17. The number of fused-ring (bicyclic) bond motifs is 3. The highest BCUT2D eigenvalue weighted by Crippen LogP contribution is 2.31. The molecule has 0 amide bonds. The van der Waals surface area contributed by atoms with Crippen molar-refractivity contribution in [1.82, 2.24) is 14.5 Å². The lowest BCUT2D eigenvalue weighted by atomic mass is 10.2. The Morgan fingerprint density at radius 3 is 3.05 bits per heavy atom. The predicted molar refractivity (Wildman–Crippen MR) is 84.9 cm³/mol. The number of anilines is 1. The number of aromatic nitrogens is 3. The average molecular weight is 284 g/mol. The van der Waals surface area contributed by atoms with E-state index in [1.54, 1.807) is 0 Å². The second kappa shape index (κ2) is 4.66. The normalized spacial score (nSPS) is 19.1. The highest BCUT2D eigenvalue weighted by atomic mass is 32.2. The fraction of sp³-hybridized carbons (Fsp3) is 0.333. The van der Waals surface area contributed by atoms with Crippen LogP contribution in [0.15, 0.2) is 30.5 Å². The summed E-state index contributed by atoms with van der Waals surface area (Å²) in [5.41, 5.74) is 9.16. The van der Waals surface area contributed by atoms with E-state index >= 15 is 0 Å². The van der Waals surface area contributed by atoms with E-state index in [0.717, 1.165) is 28.5 Å². The van der Waals surface area contributed by atoms with E-state index in [9.17, 15) is 0 Å². The standard InChI is InChI=1S/C15H16N4S/c16-15-18-13-8-17-12-6-2-1-5-11(12)14(13)19(15)9-10-4-3-7-20-10/h1-2,5-6,8,10H,3-4,7,9H2,(H2,16,18). The maximum atomic E-state index is 6.14. The van der Waals surface area contributed by atoms with Gasteiger partial charge in [-0.15, -0.1) is 0 Å². The van der Waals surface area contributed by atoms with E-state index in [0.29, 0.717) is 11.2 Å². The molecule has 3 heterocycles. The smallest absolute Gasteiger partial charge is 0.201 e. The zero-order valence-corrected chi connectivity index (χ0v) is 11.9. The van der Waals surface area contributed by atoms with Crippen molar-refractivity contribution in [2.75, 3.05) is 11.5 Å². The number of thioether (sulfide) groups is 1. The Morgan fingerprint density at radius 2 is 2.20 bits per heavy atom. The fourth-order valence-electron chi connectivity index (χ4n) is 2.96. The maximum absolute atomic E-state index is 6.14. The first-order valence-corrected chi connectivity index (χ1v) is 7.99. The Labute approximate surface area is 121 Å². The quantitative estimate of drug-likeness (QED) is 0.785. The number of hydrogen-bond acceptors (Lipinski definition) is 4. The average Bonchev–Trinajstić information content (AvgIpc) is 3.08. The highest BCUT2D eigenvalue weighted by molar-refractivity contribution is 8.00. The van der Waals surface area contributed by atoms with Crippen molar-refractivity contribution >= 4 is 39.6 Å². The Balaban J connectivity index is 1.93. The Morgan fingerprint density at radius 1 is 1.30 bits per heavy atom. The minimum atomic E-state index is 0.602. The van der Waals surface area contributed by atoms with Gasteiger partial charge in [0.05, 0.1) is 17.2 Å². The molecule has 1 aliphatic rings. The minimum absolute atomic E-state index is 0.602. The number of nitrogens with zero attached hydrogens (tertiary/aromatic N) is 3. The lowest BCUT2D eigenvalue weighted by Gasteiger charge is -2.12. The summed E-state index contributed by atoms with van der Waals surface area (Å²) >= 11 is 2.04. The first-order chi connectivity index (χ1) is 9.83. The molecular formula is C15H16N4S. The van der Waals surface area contributed by atoms with Gasteiger partial charge in [-0.3, -0.25) is 4.98 Å². The molecule has 20 heavy (non-hydrogen) atoms. The van der Waals surface area contributed by atoms with Crippen LogP contribution in [-0.2, 0) is 6.54 Å². The van der Waals surface area contributed by atoms with Crippen molar-refractivity contribution in [3.8, 4) is 0 Å². The molecule has 1 atom stereocenters. The molecule has 1 aromatic carbocycles. The molecule has 0 saturated carbocycles. The summed E-state index contributed by atoms with van der Waals surface area (Å²) in [6, 6.07) is 8.19. The van der Waals surface area contributed by atoms with Gasteiger partial charge >= 0.3 is 0 Å². The topological polar surface area (TPSA) is 56.7 Å². The van der Waals surface area contributed by atoms with Crippen molar-refractivity contribution in [3.05, 3.63) is 30.5 Å². The number of para-hydroxylation sites is 1. The monoisotopic (exact) mass is 284 g/mol. The van der Waals surface area contributed by atoms with Crippen LogP contribution in [0.25, 0.3) is 21.9 Å². The van der Waals surface area contributed by atoms with E-state index in [1.807, 2.05) is 36.2 Å². The Hall–Kier alpha value is -1.75. The van der Waals surface area contributed by atoms with Gasteiger partial charge in [0, 0.05) is 17.2 Å². The number of benzene rings is 1. The lowest BCUT2D eigenvalue weighted by Crippen LogP contribution is -2.12. The Bertz CT molecular complexity index is 774. The molecule has 0 bridgehead atoms. The van der Waals surface area contributed by atoms with Gasteiger partial charge < -0.3 is 10.3 Å². The van der Waals surface area contributed by atoms with E-state index in [1.165, 1.54) is 18.6 Å². The van der Waals surface area contributed by atoms with Gasteiger partial charge in [-0.05, 0) is 24.7 Å². The second-order valence-electron chi connectivity index (χ2n) is 5.22. The van der Waals surface area contributed by atoms with Gasteiger partial charge in [0.25, 0.3) is 0 Å². The van der Waals surface area contributed by atoms with Crippen LogP contribution in [0.3, 0.4) is 0 Å². The van der Waals surface area contributed by atoms with Gasteiger partial charge in [-0.2, -0.15) is 11.8 Å². The minimum Gasteiger partial charge on any atom is -0.369 e. The number of nitrogens with two attached hydrogens (primary N) is 1. The third-order valence-electron chi connectivity index (χ3n) is 3.92. The molecule has 2 N–H and O–H groups in total. The van der Waals surface area contributed by atoms with Crippen molar-refractivity contribution in [2.24, 2.45) is 0 Å². The summed E-state index contributed by atoms with van der Waals surface area (Å²) in [4.78, 5) is 8.93. The van der Waals surface area contributed by atoms with Crippen molar-refractivity contribution in [1.29, 1.82) is 0 Å². The van der Waals surface area contributed by atoms with Crippen molar-refractivity contribution in [2.45, 2.75) is 24.6 Å². The molecular weight excluding hydrogens is 268 g/mol. The SMILES string of the molecule is Nc1nc2cnc3ccccc3c2n1CC1CCCS1. The van der Waals surface area contributed by atoms with Crippen LogP contribution < -0.4 is 5.73 Å². The molecule has 102 valence electrons. The molecule has 0 spiro atoms. The van der Waals surface area contributed by atoms with Gasteiger partial charge in [0.1, 0.15) is 5.52 Å². The number of pyridine rings is 1. The Kier molecular flexibility index (Phi) is 2.80. The zero-order valence-electron chi connectivity index (χ0n) is 11.1. The van der Waals surface area contributed by atoms with E-state index in [-0.39, 0.29) is 0 Å². The van der Waals surface area contributed by atoms with E-state index < -0.39 is 0 Å². The van der Waals surface area contributed by atoms with Crippen LogP contribution in [-0.4, -0.2) is 25.5 Å². The summed E-state index contributed by atoms with van der Waals surface area (Å²) in [6.07, 6.45) is 4.41. The number of imidazole rings is 1. The highest BCUT2D eigenvalue weighted by Gasteiger charge is 2.20. The fourth-order valence-corrected chi connectivity index (χ4v) is 4.21. The number of rotatable bonds is 2. The molecule has 5 heteroatoms. The van der Waals surface area contributed by atoms with Gasteiger partial charge in [0.2, 0.25) is 5.95 Å². The van der Waals surface area contributed by atoms with Gasteiger partial charge in [0.15, 0.2) is 0 Å². The summed E-state index contributed by atoms with van der Waals surface area (Å²) in [7, 11) is 0. The molecule has 4 nitrogen and oxygen atoms in total. The largest absolute Gasteiger partial charge is 0.369 e. The summed E-state index contributed by atoms with van der Waals surface area (Å²) in [5, 5.41) is 1.79. The molecule has 2 aromatic heterocycles. The van der Waals surface area contributed by atoms with E-state index in [4.69, 9.17) is 5.73 Å².